The fourth-order valence-corrected chi connectivity index (χ4v) is 1.69. The maximum Gasteiger partial charge on any atom is 0.166 e. The van der Waals surface area contributed by atoms with Crippen LogP contribution in [-0.2, 0) is 6.54 Å². The van der Waals surface area contributed by atoms with Crippen LogP contribution in [0.15, 0.2) is 36.4 Å². The van der Waals surface area contributed by atoms with E-state index < -0.39 is 17.4 Å². The van der Waals surface area contributed by atoms with Gasteiger partial charge in [0, 0.05) is 23.9 Å². The van der Waals surface area contributed by atoms with Gasteiger partial charge < -0.3 is 10.4 Å². The summed E-state index contributed by atoms with van der Waals surface area (Å²) >= 11 is 5.65. The molecule has 0 fully saturated rings. The van der Waals surface area contributed by atoms with Gasteiger partial charge >= 0.3 is 0 Å². The van der Waals surface area contributed by atoms with Gasteiger partial charge in [-0.25, -0.2) is 8.78 Å². The molecule has 0 unspecified atom stereocenters. The Morgan fingerprint density at radius 1 is 1.17 bits per heavy atom. The standard InChI is InChI=1S/C13H10ClF2NO/c14-10-3-1-2-8(13(10)16)7-17-9-4-5-12(18)11(15)6-9/h1-6,17-18H,7H2. The zero-order chi connectivity index (χ0) is 13.1. The van der Waals surface area contributed by atoms with E-state index in [1.165, 1.54) is 18.2 Å². The van der Waals surface area contributed by atoms with E-state index in [4.69, 9.17) is 16.7 Å². The molecule has 2 aromatic rings. The van der Waals surface area contributed by atoms with Crippen molar-refractivity contribution in [1.29, 1.82) is 0 Å². The molecule has 2 aromatic carbocycles. The van der Waals surface area contributed by atoms with Crippen LogP contribution in [-0.4, -0.2) is 5.11 Å². The lowest BCUT2D eigenvalue weighted by atomic mass is 10.2. The van der Waals surface area contributed by atoms with Gasteiger partial charge in [0.25, 0.3) is 0 Å². The SMILES string of the molecule is Oc1ccc(NCc2cccc(Cl)c2F)cc1F. The predicted octanol–water partition coefficient (Wildman–Crippen LogP) is 3.94. The molecule has 0 heterocycles. The van der Waals surface area contributed by atoms with E-state index in [0.717, 1.165) is 6.07 Å². The van der Waals surface area contributed by atoms with Crippen molar-refractivity contribution in [3.05, 3.63) is 58.6 Å². The fraction of sp³-hybridized carbons (Fsp3) is 0.0769. The summed E-state index contributed by atoms with van der Waals surface area (Å²) in [5, 5.41) is 11.9. The fourth-order valence-electron chi connectivity index (χ4n) is 1.50. The van der Waals surface area contributed by atoms with Crippen LogP contribution in [0.5, 0.6) is 5.75 Å². The van der Waals surface area contributed by atoms with Gasteiger partial charge in [0.05, 0.1) is 5.02 Å². The molecule has 0 aromatic heterocycles. The van der Waals surface area contributed by atoms with Crippen molar-refractivity contribution in [3.8, 4) is 5.75 Å². The number of phenolic OH excluding ortho intramolecular Hbond substituents is 1. The summed E-state index contributed by atoms with van der Waals surface area (Å²) < 4.78 is 26.6. The molecular weight excluding hydrogens is 260 g/mol. The lowest BCUT2D eigenvalue weighted by Gasteiger charge is -2.08. The Labute approximate surface area is 108 Å². The summed E-state index contributed by atoms with van der Waals surface area (Å²) in [4.78, 5) is 0. The highest BCUT2D eigenvalue weighted by Gasteiger charge is 2.06. The lowest BCUT2D eigenvalue weighted by molar-refractivity contribution is 0.432. The first-order valence-electron chi connectivity index (χ1n) is 5.23. The van der Waals surface area contributed by atoms with E-state index in [1.807, 2.05) is 0 Å². The normalized spacial score (nSPS) is 10.4. The quantitative estimate of drug-likeness (QED) is 0.828. The third kappa shape index (κ3) is 2.71. The Bertz CT molecular complexity index is 575. The molecule has 0 amide bonds. The summed E-state index contributed by atoms with van der Waals surface area (Å²) in [6, 6.07) is 8.55. The first kappa shape index (κ1) is 12.6. The van der Waals surface area contributed by atoms with Crippen molar-refractivity contribution in [3.63, 3.8) is 0 Å². The van der Waals surface area contributed by atoms with Gasteiger partial charge in [-0.05, 0) is 18.2 Å². The number of aromatic hydroxyl groups is 1. The number of rotatable bonds is 3. The van der Waals surface area contributed by atoms with Crippen molar-refractivity contribution in [2.24, 2.45) is 0 Å². The van der Waals surface area contributed by atoms with Gasteiger partial charge in [-0.15, -0.1) is 0 Å². The summed E-state index contributed by atoms with van der Waals surface area (Å²) in [5.41, 5.74) is 0.834. The first-order chi connectivity index (χ1) is 8.58. The van der Waals surface area contributed by atoms with Crippen LogP contribution < -0.4 is 5.32 Å². The largest absolute Gasteiger partial charge is 0.505 e. The molecule has 18 heavy (non-hydrogen) atoms. The number of hydrogen-bond acceptors (Lipinski definition) is 2. The van der Waals surface area contributed by atoms with E-state index in [-0.39, 0.29) is 11.6 Å². The number of hydrogen-bond donors (Lipinski definition) is 2. The number of halogens is 3. The predicted molar refractivity (Wildman–Crippen MR) is 66.8 cm³/mol. The summed E-state index contributed by atoms with van der Waals surface area (Å²) in [6.45, 7) is 0.177. The minimum atomic E-state index is -0.730. The average Bonchev–Trinajstić information content (AvgIpc) is 2.35. The van der Waals surface area contributed by atoms with Crippen LogP contribution in [0.4, 0.5) is 14.5 Å². The maximum absolute atomic E-state index is 13.6. The highest BCUT2D eigenvalue weighted by Crippen LogP contribution is 2.22. The van der Waals surface area contributed by atoms with Crippen LogP contribution in [0, 0.1) is 11.6 Å². The topological polar surface area (TPSA) is 32.3 Å². The third-order valence-corrected chi connectivity index (χ3v) is 2.75. The zero-order valence-electron chi connectivity index (χ0n) is 9.25. The number of benzene rings is 2. The molecule has 5 heteroatoms. The van der Waals surface area contributed by atoms with Crippen molar-refractivity contribution in [1.82, 2.24) is 0 Å². The highest BCUT2D eigenvalue weighted by molar-refractivity contribution is 6.30. The molecule has 0 radical (unpaired) electrons. The highest BCUT2D eigenvalue weighted by atomic mass is 35.5. The summed E-state index contributed by atoms with van der Waals surface area (Å²) in [6.07, 6.45) is 0. The van der Waals surface area contributed by atoms with Gasteiger partial charge in [0.15, 0.2) is 11.6 Å². The van der Waals surface area contributed by atoms with Gasteiger partial charge in [-0.1, -0.05) is 23.7 Å². The molecule has 0 saturated heterocycles. The van der Waals surface area contributed by atoms with Crippen LogP contribution in [0.1, 0.15) is 5.56 Å². The molecule has 0 aliphatic heterocycles. The minimum Gasteiger partial charge on any atom is -0.505 e. The third-order valence-electron chi connectivity index (χ3n) is 2.46. The van der Waals surface area contributed by atoms with E-state index in [1.54, 1.807) is 12.1 Å². The van der Waals surface area contributed by atoms with E-state index in [2.05, 4.69) is 5.32 Å². The molecule has 0 saturated carbocycles. The second-order valence-electron chi connectivity index (χ2n) is 3.73. The molecular formula is C13H10ClF2NO. The summed E-state index contributed by atoms with van der Waals surface area (Å²) in [5.74, 6) is -1.65. The average molecular weight is 270 g/mol. The molecule has 2 rings (SSSR count). The Hall–Kier alpha value is -1.81. The Balaban J connectivity index is 2.11. The van der Waals surface area contributed by atoms with Crippen LogP contribution >= 0.6 is 11.6 Å². The molecule has 0 aliphatic rings. The van der Waals surface area contributed by atoms with Crippen LogP contribution in [0.3, 0.4) is 0 Å². The van der Waals surface area contributed by atoms with E-state index in [9.17, 15) is 8.78 Å². The van der Waals surface area contributed by atoms with Gasteiger partial charge in [-0.3, -0.25) is 0 Å². The van der Waals surface area contributed by atoms with Crippen LogP contribution in [0.2, 0.25) is 5.02 Å². The Morgan fingerprint density at radius 2 is 1.94 bits per heavy atom. The van der Waals surface area contributed by atoms with Crippen molar-refractivity contribution < 1.29 is 13.9 Å². The molecule has 94 valence electrons. The Morgan fingerprint density at radius 3 is 2.67 bits per heavy atom. The van der Waals surface area contributed by atoms with Crippen LogP contribution in [0.25, 0.3) is 0 Å². The second-order valence-corrected chi connectivity index (χ2v) is 4.14. The number of anilines is 1. The molecule has 0 bridgehead atoms. The minimum absolute atomic E-state index is 0.0474. The van der Waals surface area contributed by atoms with Gasteiger partial charge in [0.1, 0.15) is 5.82 Å². The number of nitrogens with one attached hydrogen (secondary N) is 1. The van der Waals surface area contributed by atoms with Gasteiger partial charge in [-0.2, -0.15) is 0 Å². The van der Waals surface area contributed by atoms with Crippen molar-refractivity contribution in [2.75, 3.05) is 5.32 Å². The maximum atomic E-state index is 13.6. The smallest absolute Gasteiger partial charge is 0.166 e. The van der Waals surface area contributed by atoms with Crippen molar-refractivity contribution >= 4 is 17.3 Å². The zero-order valence-corrected chi connectivity index (χ0v) is 10.0. The lowest BCUT2D eigenvalue weighted by Crippen LogP contribution is -2.02. The number of phenols is 1. The second kappa shape index (κ2) is 5.23. The van der Waals surface area contributed by atoms with Crippen molar-refractivity contribution in [2.45, 2.75) is 6.54 Å². The summed E-state index contributed by atoms with van der Waals surface area (Å²) in [7, 11) is 0. The molecule has 0 aliphatic carbocycles. The van der Waals surface area contributed by atoms with Gasteiger partial charge in [0.2, 0.25) is 0 Å². The Kier molecular flexibility index (Phi) is 3.67. The molecule has 2 N–H and O–H groups in total. The molecule has 2 nitrogen and oxygen atoms in total. The molecule has 0 spiro atoms. The van der Waals surface area contributed by atoms with E-state index >= 15 is 0 Å². The first-order valence-corrected chi connectivity index (χ1v) is 5.61. The monoisotopic (exact) mass is 269 g/mol. The molecule has 0 atom stereocenters. The van der Waals surface area contributed by atoms with E-state index in [0.29, 0.717) is 11.3 Å².